The second kappa shape index (κ2) is 14.4. The third-order valence-corrected chi connectivity index (χ3v) is 5.39. The van der Waals surface area contributed by atoms with Gasteiger partial charge in [0, 0.05) is 19.4 Å². The van der Waals surface area contributed by atoms with Gasteiger partial charge in [0.15, 0.2) is 0 Å². The average Bonchev–Trinajstić information content (AvgIpc) is 2.77. The van der Waals surface area contributed by atoms with Crippen molar-refractivity contribution in [1.29, 1.82) is 0 Å². The van der Waals surface area contributed by atoms with Crippen LogP contribution in [0, 0.1) is 0 Å². The molecule has 1 heterocycles. The molecule has 1 aliphatic heterocycles. The van der Waals surface area contributed by atoms with E-state index in [2.05, 4.69) is 16.2 Å². The maximum absolute atomic E-state index is 13.3. The van der Waals surface area contributed by atoms with Crippen molar-refractivity contribution in [2.75, 3.05) is 19.6 Å². The van der Waals surface area contributed by atoms with Crippen molar-refractivity contribution >= 4 is 23.5 Å². The fraction of sp³-hybridized carbons (Fsp3) is 0.565. The number of Topliss-reactive ketones (excluding diaryl/α,β-unsaturated/α-hetero) is 1. The van der Waals surface area contributed by atoms with Crippen LogP contribution >= 0.6 is 0 Å². The number of amides is 3. The first-order valence-corrected chi connectivity index (χ1v) is 11.4. The second-order valence-corrected chi connectivity index (χ2v) is 8.27. The Labute approximate surface area is 194 Å². The molecule has 0 radical (unpaired) electrons. The first-order chi connectivity index (χ1) is 15.8. The molecule has 0 bridgehead atoms. The third-order valence-electron chi connectivity index (χ3n) is 5.39. The number of hydrazine groups is 1. The van der Waals surface area contributed by atoms with Gasteiger partial charge in [-0.2, -0.15) is 0 Å². The number of benzene rings is 1. The van der Waals surface area contributed by atoms with E-state index < -0.39 is 24.1 Å². The molecule has 0 saturated carbocycles. The van der Waals surface area contributed by atoms with Crippen LogP contribution in [0.3, 0.4) is 0 Å². The molecule has 1 unspecified atom stereocenters. The van der Waals surface area contributed by atoms with Gasteiger partial charge in [-0.3, -0.25) is 24.6 Å². The standard InChI is InChI=1S/C23H34N5O5/c24-20(30)16-28-13-7-10-18(29)15-25-27-22(32)12-6-2-5-11-21(31)26-19(23(28)33)14-17-8-3-1-4-9-17/h1,3-4,8-9,19,21,25-26H,2,5-7,10-16H2,(H2,24,30)(H,27,32)/q-1/t19-,21?/m0/s1. The first-order valence-electron chi connectivity index (χ1n) is 11.4. The fourth-order valence-corrected chi connectivity index (χ4v) is 3.70. The molecule has 5 N–H and O–H groups in total. The van der Waals surface area contributed by atoms with E-state index in [0.717, 1.165) is 5.56 Å². The number of carbonyl (C=O) groups is 4. The highest BCUT2D eigenvalue weighted by Gasteiger charge is 2.26. The molecule has 0 spiro atoms. The van der Waals surface area contributed by atoms with Gasteiger partial charge < -0.3 is 21.1 Å². The summed E-state index contributed by atoms with van der Waals surface area (Å²) < 4.78 is 0. The lowest BCUT2D eigenvalue weighted by Gasteiger charge is -2.33. The van der Waals surface area contributed by atoms with Crippen LogP contribution in [0.4, 0.5) is 0 Å². The molecule has 1 aliphatic rings. The van der Waals surface area contributed by atoms with Gasteiger partial charge in [0.2, 0.25) is 17.7 Å². The second-order valence-electron chi connectivity index (χ2n) is 8.27. The van der Waals surface area contributed by atoms with Crippen molar-refractivity contribution in [1.82, 2.24) is 21.1 Å². The van der Waals surface area contributed by atoms with Gasteiger partial charge >= 0.3 is 0 Å². The van der Waals surface area contributed by atoms with Gasteiger partial charge in [0.1, 0.15) is 5.78 Å². The third kappa shape index (κ3) is 10.6. The summed E-state index contributed by atoms with van der Waals surface area (Å²) in [6.07, 6.45) is 2.13. The Hall–Kier alpha value is -2.82. The number of hydrogen-bond acceptors (Lipinski definition) is 7. The van der Waals surface area contributed by atoms with Gasteiger partial charge in [-0.05, 0) is 24.8 Å². The van der Waals surface area contributed by atoms with Crippen LogP contribution in [0.2, 0.25) is 0 Å². The van der Waals surface area contributed by atoms with Crippen LogP contribution in [0.5, 0.6) is 0 Å². The summed E-state index contributed by atoms with van der Waals surface area (Å²) in [4.78, 5) is 50.1. The molecule has 2 rings (SSSR count). The molecule has 1 fully saturated rings. The summed E-state index contributed by atoms with van der Waals surface area (Å²) in [6, 6.07) is 8.49. The van der Waals surface area contributed by atoms with Crippen LogP contribution in [0.25, 0.3) is 0 Å². The molecular weight excluding hydrogens is 426 g/mol. The maximum atomic E-state index is 13.3. The number of nitrogens with one attached hydrogen (secondary N) is 3. The highest BCUT2D eigenvalue weighted by atomic mass is 16.3. The van der Waals surface area contributed by atoms with E-state index in [-0.39, 0.29) is 44.2 Å². The van der Waals surface area contributed by atoms with E-state index in [1.807, 2.05) is 30.3 Å². The number of ketones is 1. The van der Waals surface area contributed by atoms with E-state index >= 15 is 0 Å². The SMILES string of the molecule is NC(=O)CN1CCCC(=O)CNNC(=O)CCCCCC([O-])N[C@@H](Cc2ccccc2)C1=O. The Balaban J connectivity index is 2.15. The van der Waals surface area contributed by atoms with Gasteiger partial charge in [-0.1, -0.05) is 55.8 Å². The summed E-state index contributed by atoms with van der Waals surface area (Å²) in [5.41, 5.74) is 11.3. The summed E-state index contributed by atoms with van der Waals surface area (Å²) in [6.45, 7) is -0.167. The topological polar surface area (TPSA) is 157 Å². The zero-order chi connectivity index (χ0) is 24.1. The molecule has 1 aromatic carbocycles. The van der Waals surface area contributed by atoms with Crippen LogP contribution in [-0.2, 0) is 25.6 Å². The zero-order valence-electron chi connectivity index (χ0n) is 18.9. The van der Waals surface area contributed by atoms with E-state index in [0.29, 0.717) is 38.5 Å². The van der Waals surface area contributed by atoms with Crippen molar-refractivity contribution in [3.8, 4) is 0 Å². The highest BCUT2D eigenvalue weighted by molar-refractivity contribution is 5.87. The van der Waals surface area contributed by atoms with Crippen LogP contribution in [-0.4, -0.2) is 60.3 Å². The van der Waals surface area contributed by atoms with Crippen molar-refractivity contribution in [2.45, 2.75) is 63.6 Å². The molecule has 182 valence electrons. The fourth-order valence-electron chi connectivity index (χ4n) is 3.70. The number of hydrogen-bond donors (Lipinski definition) is 4. The summed E-state index contributed by atoms with van der Waals surface area (Å²) in [7, 11) is 0. The zero-order valence-corrected chi connectivity index (χ0v) is 18.9. The summed E-state index contributed by atoms with van der Waals surface area (Å²) >= 11 is 0. The maximum Gasteiger partial charge on any atom is 0.240 e. The van der Waals surface area contributed by atoms with Gasteiger partial charge in [-0.25, -0.2) is 5.43 Å². The summed E-state index contributed by atoms with van der Waals surface area (Å²) in [5.74, 6) is -1.40. The molecule has 2 atom stereocenters. The van der Waals surface area contributed by atoms with Crippen LogP contribution < -0.4 is 27.0 Å². The largest absolute Gasteiger partial charge is 0.841 e. The number of carbonyl (C=O) groups excluding carboxylic acids is 4. The van der Waals surface area contributed by atoms with Crippen molar-refractivity contribution in [3.05, 3.63) is 35.9 Å². The number of primary amides is 1. The Kier molecular flexibility index (Phi) is 11.5. The molecule has 10 nitrogen and oxygen atoms in total. The number of nitrogens with zero attached hydrogens (tertiary/aromatic N) is 1. The Morgan fingerprint density at radius 1 is 1.06 bits per heavy atom. The molecular formula is C23H34N5O5-. The smallest absolute Gasteiger partial charge is 0.240 e. The van der Waals surface area contributed by atoms with Crippen molar-refractivity contribution < 1.29 is 24.3 Å². The molecule has 0 aromatic heterocycles. The van der Waals surface area contributed by atoms with Gasteiger partial charge in [0.05, 0.1) is 19.1 Å². The predicted octanol–water partition coefficient (Wildman–Crippen LogP) is -0.878. The van der Waals surface area contributed by atoms with E-state index in [1.54, 1.807) is 0 Å². The lowest BCUT2D eigenvalue weighted by Crippen LogP contribution is -2.56. The number of rotatable bonds is 4. The molecule has 1 aromatic rings. The minimum Gasteiger partial charge on any atom is -0.841 e. The molecule has 1 saturated heterocycles. The van der Waals surface area contributed by atoms with Gasteiger partial charge in [0.25, 0.3) is 0 Å². The van der Waals surface area contributed by atoms with Crippen LogP contribution in [0.15, 0.2) is 30.3 Å². The van der Waals surface area contributed by atoms with Crippen LogP contribution in [0.1, 0.15) is 50.5 Å². The quantitative estimate of drug-likeness (QED) is 0.454. The normalized spacial score (nSPS) is 22.8. The Morgan fingerprint density at radius 2 is 1.82 bits per heavy atom. The van der Waals surface area contributed by atoms with E-state index in [9.17, 15) is 24.3 Å². The first kappa shape index (κ1) is 26.4. The average molecular weight is 461 g/mol. The van der Waals surface area contributed by atoms with E-state index in [1.165, 1.54) is 4.90 Å². The molecule has 33 heavy (non-hydrogen) atoms. The molecule has 3 amide bonds. The van der Waals surface area contributed by atoms with E-state index in [4.69, 9.17) is 5.73 Å². The summed E-state index contributed by atoms with van der Waals surface area (Å²) in [5, 5.41) is 15.5. The minimum absolute atomic E-state index is 0.0223. The Morgan fingerprint density at radius 3 is 2.55 bits per heavy atom. The lowest BCUT2D eigenvalue weighted by atomic mass is 10.0. The minimum atomic E-state index is -1.17. The molecule has 0 aliphatic carbocycles. The number of nitrogens with two attached hydrogens (primary N) is 1. The highest BCUT2D eigenvalue weighted by Crippen LogP contribution is 2.10. The predicted molar refractivity (Wildman–Crippen MR) is 120 cm³/mol. The Bertz CT molecular complexity index is 789. The molecule has 10 heteroatoms. The lowest BCUT2D eigenvalue weighted by molar-refractivity contribution is -0.431. The monoisotopic (exact) mass is 460 g/mol. The van der Waals surface area contributed by atoms with Crippen molar-refractivity contribution in [2.24, 2.45) is 5.73 Å². The van der Waals surface area contributed by atoms with Crippen molar-refractivity contribution in [3.63, 3.8) is 0 Å². The van der Waals surface area contributed by atoms with Gasteiger partial charge in [-0.15, -0.1) is 0 Å².